The van der Waals surface area contributed by atoms with Gasteiger partial charge in [0, 0.05) is 29.5 Å². The minimum absolute atomic E-state index is 0.721. The lowest BCUT2D eigenvalue weighted by molar-refractivity contribution is 0.819. The summed E-state index contributed by atoms with van der Waals surface area (Å²) in [5, 5.41) is 3.85. The third-order valence-corrected chi connectivity index (χ3v) is 2.55. The molecule has 0 unspecified atom stereocenters. The van der Waals surface area contributed by atoms with Crippen molar-refractivity contribution in [3.63, 3.8) is 0 Å². The molecule has 0 bridgehead atoms. The van der Waals surface area contributed by atoms with E-state index in [4.69, 9.17) is 11.6 Å². The van der Waals surface area contributed by atoms with E-state index in [1.54, 1.807) is 12.4 Å². The number of hydrogen-bond donors (Lipinski definition) is 1. The molecule has 0 aliphatic carbocycles. The van der Waals surface area contributed by atoms with Crippen LogP contribution in [0.1, 0.15) is 5.56 Å². The molecule has 1 heterocycles. The highest BCUT2D eigenvalue weighted by Crippen LogP contribution is 2.25. The molecular formula is C12H12ClN3. The van der Waals surface area contributed by atoms with Crippen LogP contribution in [0.4, 0.5) is 0 Å². The van der Waals surface area contributed by atoms with E-state index in [0.717, 1.165) is 22.7 Å². The summed E-state index contributed by atoms with van der Waals surface area (Å²) in [4.78, 5) is 8.03. The maximum Gasteiger partial charge on any atom is 0.115 e. The molecule has 0 saturated heterocycles. The van der Waals surface area contributed by atoms with E-state index in [1.165, 1.54) is 11.9 Å². The first-order valence-corrected chi connectivity index (χ1v) is 5.37. The standard InChI is InChI=1S/C12H12ClN3/c1-14-5-9-2-3-11(13)4-12(9)10-6-15-8-16-7-10/h2-4,6-8,14H,5H2,1H3. The SMILES string of the molecule is CNCc1ccc(Cl)cc1-c1cncnc1. The van der Waals surface area contributed by atoms with Gasteiger partial charge in [-0.3, -0.25) is 0 Å². The first kappa shape index (κ1) is 11.0. The average Bonchev–Trinajstić information content (AvgIpc) is 2.33. The van der Waals surface area contributed by atoms with Crippen molar-refractivity contribution >= 4 is 11.6 Å². The van der Waals surface area contributed by atoms with Gasteiger partial charge >= 0.3 is 0 Å². The lowest BCUT2D eigenvalue weighted by Gasteiger charge is -2.09. The Hall–Kier alpha value is -1.45. The first-order chi connectivity index (χ1) is 7.81. The minimum Gasteiger partial charge on any atom is -0.316 e. The van der Waals surface area contributed by atoms with Crippen LogP contribution in [0.2, 0.25) is 5.02 Å². The van der Waals surface area contributed by atoms with Gasteiger partial charge in [0.2, 0.25) is 0 Å². The lowest BCUT2D eigenvalue weighted by Crippen LogP contribution is -2.06. The van der Waals surface area contributed by atoms with Gasteiger partial charge in [-0.05, 0) is 30.3 Å². The van der Waals surface area contributed by atoms with Gasteiger partial charge in [0.05, 0.1) is 0 Å². The molecule has 0 spiro atoms. The van der Waals surface area contributed by atoms with Gasteiger partial charge in [0.1, 0.15) is 6.33 Å². The molecule has 4 heteroatoms. The van der Waals surface area contributed by atoms with Gasteiger partial charge in [0.25, 0.3) is 0 Å². The van der Waals surface area contributed by atoms with Crippen LogP contribution in [-0.4, -0.2) is 17.0 Å². The number of aromatic nitrogens is 2. The maximum atomic E-state index is 6.01. The predicted octanol–water partition coefficient (Wildman–Crippen LogP) is 2.52. The van der Waals surface area contributed by atoms with Gasteiger partial charge in [-0.1, -0.05) is 17.7 Å². The minimum atomic E-state index is 0.721. The van der Waals surface area contributed by atoms with E-state index >= 15 is 0 Å². The molecule has 1 N–H and O–H groups in total. The Labute approximate surface area is 99.5 Å². The average molecular weight is 234 g/mol. The van der Waals surface area contributed by atoms with Crippen molar-refractivity contribution in [2.45, 2.75) is 6.54 Å². The summed E-state index contributed by atoms with van der Waals surface area (Å²) in [7, 11) is 1.92. The van der Waals surface area contributed by atoms with E-state index < -0.39 is 0 Å². The Bertz CT molecular complexity index is 471. The van der Waals surface area contributed by atoms with E-state index in [1.807, 2.05) is 25.2 Å². The van der Waals surface area contributed by atoms with Crippen LogP contribution in [0.15, 0.2) is 36.9 Å². The van der Waals surface area contributed by atoms with Crippen molar-refractivity contribution in [3.05, 3.63) is 47.5 Å². The van der Waals surface area contributed by atoms with E-state index in [9.17, 15) is 0 Å². The summed E-state index contributed by atoms with van der Waals surface area (Å²) in [6, 6.07) is 5.84. The molecule has 0 radical (unpaired) electrons. The van der Waals surface area contributed by atoms with Crippen molar-refractivity contribution in [3.8, 4) is 11.1 Å². The molecular weight excluding hydrogens is 222 g/mol. The van der Waals surface area contributed by atoms with Crippen LogP contribution in [0, 0.1) is 0 Å². The second-order valence-corrected chi connectivity index (χ2v) is 3.90. The smallest absolute Gasteiger partial charge is 0.115 e. The summed E-state index contributed by atoms with van der Waals surface area (Å²) in [5.41, 5.74) is 3.24. The second-order valence-electron chi connectivity index (χ2n) is 3.46. The molecule has 2 rings (SSSR count). The number of nitrogens with one attached hydrogen (secondary N) is 1. The highest BCUT2D eigenvalue weighted by Gasteiger charge is 2.05. The van der Waals surface area contributed by atoms with Gasteiger partial charge in [0.15, 0.2) is 0 Å². The molecule has 0 aliphatic heterocycles. The Morgan fingerprint density at radius 1 is 1.25 bits per heavy atom. The van der Waals surface area contributed by atoms with Gasteiger partial charge in [-0.25, -0.2) is 9.97 Å². The summed E-state index contributed by atoms with van der Waals surface area (Å²) in [6.07, 6.45) is 5.10. The molecule has 16 heavy (non-hydrogen) atoms. The molecule has 1 aromatic heterocycles. The van der Waals surface area contributed by atoms with Gasteiger partial charge in [-0.2, -0.15) is 0 Å². The largest absolute Gasteiger partial charge is 0.316 e. The van der Waals surface area contributed by atoms with Crippen LogP contribution in [0.3, 0.4) is 0 Å². The van der Waals surface area contributed by atoms with E-state index in [2.05, 4.69) is 15.3 Å². The highest BCUT2D eigenvalue weighted by atomic mass is 35.5. The van der Waals surface area contributed by atoms with Crippen LogP contribution in [0.5, 0.6) is 0 Å². The molecule has 0 atom stereocenters. The summed E-state index contributed by atoms with van der Waals surface area (Å²) >= 11 is 6.01. The lowest BCUT2D eigenvalue weighted by atomic mass is 10.0. The summed E-state index contributed by atoms with van der Waals surface area (Å²) in [6.45, 7) is 0.793. The Morgan fingerprint density at radius 3 is 2.69 bits per heavy atom. The Morgan fingerprint density at radius 2 is 2.00 bits per heavy atom. The van der Waals surface area contributed by atoms with Crippen molar-refractivity contribution in [1.29, 1.82) is 0 Å². The van der Waals surface area contributed by atoms with Gasteiger partial charge < -0.3 is 5.32 Å². The fourth-order valence-electron chi connectivity index (χ4n) is 1.60. The fourth-order valence-corrected chi connectivity index (χ4v) is 1.77. The van der Waals surface area contributed by atoms with E-state index in [0.29, 0.717) is 0 Å². The Balaban J connectivity index is 2.49. The molecule has 3 nitrogen and oxygen atoms in total. The topological polar surface area (TPSA) is 37.8 Å². The summed E-state index contributed by atoms with van der Waals surface area (Å²) < 4.78 is 0. The third kappa shape index (κ3) is 2.38. The van der Waals surface area contributed by atoms with Gasteiger partial charge in [-0.15, -0.1) is 0 Å². The molecule has 0 fully saturated rings. The number of rotatable bonds is 3. The molecule has 1 aromatic carbocycles. The molecule has 82 valence electrons. The zero-order chi connectivity index (χ0) is 11.4. The normalized spacial score (nSPS) is 10.4. The zero-order valence-electron chi connectivity index (χ0n) is 8.94. The van der Waals surface area contributed by atoms with Crippen LogP contribution >= 0.6 is 11.6 Å². The van der Waals surface area contributed by atoms with Crippen LogP contribution in [-0.2, 0) is 6.54 Å². The molecule has 0 amide bonds. The number of halogens is 1. The van der Waals surface area contributed by atoms with Crippen molar-refractivity contribution < 1.29 is 0 Å². The maximum absolute atomic E-state index is 6.01. The molecule has 0 aliphatic rings. The van der Waals surface area contributed by atoms with Crippen molar-refractivity contribution in [2.75, 3.05) is 7.05 Å². The third-order valence-electron chi connectivity index (χ3n) is 2.31. The quantitative estimate of drug-likeness (QED) is 0.885. The Kier molecular flexibility index (Phi) is 3.49. The van der Waals surface area contributed by atoms with Crippen LogP contribution in [0.25, 0.3) is 11.1 Å². The monoisotopic (exact) mass is 233 g/mol. The first-order valence-electron chi connectivity index (χ1n) is 4.99. The molecule has 2 aromatic rings. The molecule has 0 saturated carbocycles. The predicted molar refractivity (Wildman–Crippen MR) is 65.2 cm³/mol. The zero-order valence-corrected chi connectivity index (χ0v) is 9.70. The number of benzene rings is 1. The summed E-state index contributed by atoms with van der Waals surface area (Å²) in [5.74, 6) is 0. The van der Waals surface area contributed by atoms with Crippen molar-refractivity contribution in [2.24, 2.45) is 0 Å². The highest BCUT2D eigenvalue weighted by molar-refractivity contribution is 6.30. The fraction of sp³-hybridized carbons (Fsp3) is 0.167. The van der Waals surface area contributed by atoms with Crippen LogP contribution < -0.4 is 5.32 Å². The number of hydrogen-bond acceptors (Lipinski definition) is 3. The van der Waals surface area contributed by atoms with Crippen molar-refractivity contribution in [1.82, 2.24) is 15.3 Å². The number of nitrogens with zero attached hydrogens (tertiary/aromatic N) is 2. The second kappa shape index (κ2) is 5.05. The van der Waals surface area contributed by atoms with E-state index in [-0.39, 0.29) is 0 Å².